The van der Waals surface area contributed by atoms with E-state index in [0.29, 0.717) is 17.1 Å². The summed E-state index contributed by atoms with van der Waals surface area (Å²) in [5, 5.41) is 0.0115. The molecule has 1 aliphatic rings. The summed E-state index contributed by atoms with van der Waals surface area (Å²) in [6.07, 6.45) is 3.98. The predicted molar refractivity (Wildman–Crippen MR) is 109 cm³/mol. The second kappa shape index (κ2) is 7.27. The average molecular weight is 381 g/mol. The molecule has 0 bridgehead atoms. The quantitative estimate of drug-likeness (QED) is 0.644. The molecule has 0 saturated carbocycles. The van der Waals surface area contributed by atoms with Crippen LogP contribution in [0.1, 0.15) is 30.1 Å². The number of benzene rings is 2. The Kier molecular flexibility index (Phi) is 4.83. The number of carbonyl (C=O) groups is 1. The molecule has 0 unspecified atom stereocenters. The van der Waals surface area contributed by atoms with Crippen molar-refractivity contribution in [3.63, 3.8) is 0 Å². The van der Waals surface area contributed by atoms with Gasteiger partial charge < -0.3 is 4.90 Å². The zero-order valence-corrected chi connectivity index (χ0v) is 16.1. The third-order valence-corrected chi connectivity index (χ3v) is 5.62. The van der Waals surface area contributed by atoms with Gasteiger partial charge in [-0.3, -0.25) is 4.79 Å². The SMILES string of the molecule is CSC(=O)c1ccc2nc(-c3ccc(F)cc3)c(N3CCC[C@@H]3C)nc2c1. The van der Waals surface area contributed by atoms with Gasteiger partial charge in [-0.25, -0.2) is 14.4 Å². The Labute approximate surface area is 161 Å². The van der Waals surface area contributed by atoms with E-state index in [1.54, 1.807) is 30.5 Å². The zero-order chi connectivity index (χ0) is 19.0. The second-order valence-electron chi connectivity index (χ2n) is 6.78. The van der Waals surface area contributed by atoms with Crippen molar-refractivity contribution < 1.29 is 9.18 Å². The van der Waals surface area contributed by atoms with Crippen molar-refractivity contribution in [1.82, 2.24) is 9.97 Å². The molecule has 27 heavy (non-hydrogen) atoms. The van der Waals surface area contributed by atoms with E-state index < -0.39 is 0 Å². The molecule has 0 radical (unpaired) electrons. The van der Waals surface area contributed by atoms with E-state index in [2.05, 4.69) is 11.8 Å². The van der Waals surface area contributed by atoms with E-state index in [1.807, 2.05) is 6.07 Å². The maximum absolute atomic E-state index is 13.4. The highest BCUT2D eigenvalue weighted by Gasteiger charge is 2.26. The fourth-order valence-corrected chi connectivity index (χ4v) is 3.90. The van der Waals surface area contributed by atoms with Crippen molar-refractivity contribution in [3.8, 4) is 11.3 Å². The number of carbonyl (C=O) groups excluding carboxylic acids is 1. The molecule has 2 heterocycles. The summed E-state index contributed by atoms with van der Waals surface area (Å²) >= 11 is 1.18. The van der Waals surface area contributed by atoms with Crippen LogP contribution < -0.4 is 4.90 Å². The summed E-state index contributed by atoms with van der Waals surface area (Å²) in [6.45, 7) is 3.10. The van der Waals surface area contributed by atoms with Gasteiger partial charge in [0.1, 0.15) is 11.5 Å². The van der Waals surface area contributed by atoms with Crippen molar-refractivity contribution in [2.75, 3.05) is 17.7 Å². The van der Waals surface area contributed by atoms with Crippen molar-refractivity contribution in [2.45, 2.75) is 25.8 Å². The number of aromatic nitrogens is 2. The monoisotopic (exact) mass is 381 g/mol. The zero-order valence-electron chi connectivity index (χ0n) is 15.3. The number of thioether (sulfide) groups is 1. The molecule has 1 fully saturated rings. The van der Waals surface area contributed by atoms with Crippen molar-refractivity contribution in [2.24, 2.45) is 0 Å². The molecular weight excluding hydrogens is 361 g/mol. The Balaban J connectivity index is 1.91. The number of nitrogens with zero attached hydrogens (tertiary/aromatic N) is 3. The Morgan fingerprint density at radius 3 is 2.59 bits per heavy atom. The minimum absolute atomic E-state index is 0.0115. The van der Waals surface area contributed by atoms with Crippen molar-refractivity contribution in [1.29, 1.82) is 0 Å². The summed E-state index contributed by atoms with van der Waals surface area (Å²) in [7, 11) is 0. The summed E-state index contributed by atoms with van der Waals surface area (Å²) in [4.78, 5) is 24.0. The van der Waals surface area contributed by atoms with Crippen LogP contribution in [0.15, 0.2) is 42.5 Å². The van der Waals surface area contributed by atoms with E-state index in [1.165, 1.54) is 23.9 Å². The average Bonchev–Trinajstić information content (AvgIpc) is 3.12. The number of anilines is 1. The molecule has 138 valence electrons. The van der Waals surface area contributed by atoms with Crippen LogP contribution in [-0.4, -0.2) is 33.9 Å². The Morgan fingerprint density at radius 1 is 1.15 bits per heavy atom. The smallest absolute Gasteiger partial charge is 0.219 e. The molecule has 0 aliphatic carbocycles. The largest absolute Gasteiger partial charge is 0.352 e. The number of hydrogen-bond acceptors (Lipinski definition) is 5. The van der Waals surface area contributed by atoms with Gasteiger partial charge in [-0.05, 0) is 68.5 Å². The third-order valence-electron chi connectivity index (χ3n) is 5.01. The van der Waals surface area contributed by atoms with Gasteiger partial charge in [0.05, 0.1) is 11.0 Å². The lowest BCUT2D eigenvalue weighted by atomic mass is 10.1. The van der Waals surface area contributed by atoms with Crippen LogP contribution in [0, 0.1) is 5.82 Å². The second-order valence-corrected chi connectivity index (χ2v) is 7.56. The maximum Gasteiger partial charge on any atom is 0.219 e. The summed E-state index contributed by atoms with van der Waals surface area (Å²) in [6, 6.07) is 12.1. The van der Waals surface area contributed by atoms with Gasteiger partial charge in [0.2, 0.25) is 5.12 Å². The topological polar surface area (TPSA) is 46.1 Å². The van der Waals surface area contributed by atoms with Gasteiger partial charge in [-0.1, -0.05) is 11.8 Å². The number of halogens is 1. The molecule has 1 atom stereocenters. The molecule has 1 saturated heterocycles. The highest BCUT2D eigenvalue weighted by Crippen LogP contribution is 2.34. The molecule has 4 nitrogen and oxygen atoms in total. The van der Waals surface area contributed by atoms with Crippen LogP contribution in [0.4, 0.5) is 10.2 Å². The van der Waals surface area contributed by atoms with Crippen LogP contribution in [-0.2, 0) is 0 Å². The molecule has 6 heteroatoms. The summed E-state index contributed by atoms with van der Waals surface area (Å²) < 4.78 is 13.4. The van der Waals surface area contributed by atoms with Crippen LogP contribution >= 0.6 is 11.8 Å². The molecule has 0 spiro atoms. The van der Waals surface area contributed by atoms with E-state index in [4.69, 9.17) is 9.97 Å². The molecule has 1 aromatic heterocycles. The highest BCUT2D eigenvalue weighted by molar-refractivity contribution is 8.13. The number of rotatable bonds is 3. The molecule has 2 aromatic carbocycles. The predicted octanol–water partition coefficient (Wildman–Crippen LogP) is 4.93. The summed E-state index contributed by atoms with van der Waals surface area (Å²) in [5.41, 5.74) is 3.64. The van der Waals surface area contributed by atoms with E-state index in [-0.39, 0.29) is 10.9 Å². The Bertz CT molecular complexity index is 1010. The minimum atomic E-state index is -0.274. The molecule has 1 aliphatic heterocycles. The van der Waals surface area contributed by atoms with Gasteiger partial charge in [0, 0.05) is 23.7 Å². The van der Waals surface area contributed by atoms with Gasteiger partial charge in [-0.2, -0.15) is 0 Å². The summed E-state index contributed by atoms with van der Waals surface area (Å²) in [5.74, 6) is 0.525. The fourth-order valence-electron chi connectivity index (χ4n) is 3.54. The number of fused-ring (bicyclic) bond motifs is 1. The molecule has 3 aromatic rings. The minimum Gasteiger partial charge on any atom is -0.352 e. The van der Waals surface area contributed by atoms with Crippen molar-refractivity contribution in [3.05, 3.63) is 53.8 Å². The standard InChI is InChI=1S/C21H20FN3OS/c1-13-4-3-11-25(13)20-19(14-5-8-16(22)9-6-14)23-17-10-7-15(21(26)27-2)12-18(17)24-20/h5-10,12-13H,3-4,11H2,1-2H3/t13-/m0/s1. The fraction of sp³-hybridized carbons (Fsp3) is 0.286. The van der Waals surface area contributed by atoms with Crippen LogP contribution in [0.25, 0.3) is 22.3 Å². The lowest BCUT2D eigenvalue weighted by Gasteiger charge is -2.25. The first-order valence-corrected chi connectivity index (χ1v) is 10.2. The van der Waals surface area contributed by atoms with Gasteiger partial charge >= 0.3 is 0 Å². The lowest BCUT2D eigenvalue weighted by molar-refractivity contribution is 0.108. The first-order chi connectivity index (χ1) is 13.1. The van der Waals surface area contributed by atoms with E-state index >= 15 is 0 Å². The molecule has 4 rings (SSSR count). The molecule has 0 N–H and O–H groups in total. The molecular formula is C21H20FN3OS. The Morgan fingerprint density at radius 2 is 1.93 bits per heavy atom. The van der Waals surface area contributed by atoms with Crippen LogP contribution in [0.3, 0.4) is 0 Å². The van der Waals surface area contributed by atoms with Crippen LogP contribution in [0.2, 0.25) is 0 Å². The first-order valence-electron chi connectivity index (χ1n) is 8.99. The van der Waals surface area contributed by atoms with Gasteiger partial charge in [0.15, 0.2) is 5.82 Å². The van der Waals surface area contributed by atoms with E-state index in [0.717, 1.165) is 42.0 Å². The highest BCUT2D eigenvalue weighted by atomic mass is 32.2. The normalized spacial score (nSPS) is 16.9. The van der Waals surface area contributed by atoms with Crippen LogP contribution in [0.5, 0.6) is 0 Å². The van der Waals surface area contributed by atoms with Gasteiger partial charge in [-0.15, -0.1) is 0 Å². The maximum atomic E-state index is 13.4. The van der Waals surface area contributed by atoms with Gasteiger partial charge in [0.25, 0.3) is 0 Å². The van der Waals surface area contributed by atoms with Crippen molar-refractivity contribution >= 4 is 33.7 Å². The van der Waals surface area contributed by atoms with E-state index in [9.17, 15) is 9.18 Å². The third kappa shape index (κ3) is 3.41. The first kappa shape index (κ1) is 17.9. The number of hydrogen-bond donors (Lipinski definition) is 0. The lowest BCUT2D eigenvalue weighted by Crippen LogP contribution is -2.28. The molecule has 0 amide bonds. The Hall–Kier alpha value is -2.47.